The van der Waals surface area contributed by atoms with Crippen LogP contribution in [0.5, 0.6) is 5.75 Å². The van der Waals surface area contributed by atoms with Crippen molar-refractivity contribution in [2.45, 2.75) is 0 Å². The van der Waals surface area contributed by atoms with E-state index in [9.17, 15) is 14.4 Å². The number of benzene rings is 1. The molecule has 0 N–H and O–H groups in total. The van der Waals surface area contributed by atoms with Crippen molar-refractivity contribution >= 4 is 33.5 Å². The van der Waals surface area contributed by atoms with E-state index < -0.39 is 11.8 Å². The number of nitrogens with zero attached hydrogens (tertiary/aromatic N) is 1. The Labute approximate surface area is 123 Å². The first-order chi connectivity index (χ1) is 9.52. The number of hydrogen-bond donors (Lipinski definition) is 0. The quantitative estimate of drug-likeness (QED) is 0.604. The zero-order valence-corrected chi connectivity index (χ0v) is 12.3. The fourth-order valence-corrected chi connectivity index (χ4v) is 2.31. The maximum atomic E-state index is 12.1. The van der Waals surface area contributed by atoms with E-state index in [1.807, 2.05) is 0 Å². The Kier molecular flexibility index (Phi) is 4.51. The van der Waals surface area contributed by atoms with Gasteiger partial charge in [0.2, 0.25) is 0 Å². The standard InChI is InChI=1S/C13H12BrNO5/c1-19-11-3-2-8(4-9(11)14)10(16)5-15-12(17)6-20-7-13(15)18/h2-4H,5-7H2,1H3. The zero-order valence-electron chi connectivity index (χ0n) is 10.7. The summed E-state index contributed by atoms with van der Waals surface area (Å²) in [5, 5.41) is 0. The van der Waals surface area contributed by atoms with Gasteiger partial charge in [-0.1, -0.05) is 0 Å². The van der Waals surface area contributed by atoms with Crippen molar-refractivity contribution in [1.29, 1.82) is 0 Å². The van der Waals surface area contributed by atoms with E-state index in [1.54, 1.807) is 18.2 Å². The predicted octanol–water partition coefficient (Wildman–Crippen LogP) is 1.03. The van der Waals surface area contributed by atoms with E-state index in [-0.39, 0.29) is 25.5 Å². The van der Waals surface area contributed by atoms with Crippen LogP contribution < -0.4 is 4.74 Å². The molecular formula is C13H12BrNO5. The van der Waals surface area contributed by atoms with Crippen molar-refractivity contribution < 1.29 is 23.9 Å². The predicted molar refractivity (Wildman–Crippen MR) is 72.6 cm³/mol. The third kappa shape index (κ3) is 3.05. The molecule has 7 heteroatoms. The largest absolute Gasteiger partial charge is 0.496 e. The smallest absolute Gasteiger partial charge is 0.255 e. The highest BCUT2D eigenvalue weighted by molar-refractivity contribution is 9.10. The van der Waals surface area contributed by atoms with Crippen LogP contribution in [-0.4, -0.2) is 49.4 Å². The first-order valence-corrected chi connectivity index (χ1v) is 6.60. The summed E-state index contributed by atoms with van der Waals surface area (Å²) in [5.41, 5.74) is 0.393. The first kappa shape index (κ1) is 14.7. The van der Waals surface area contributed by atoms with Crippen LogP contribution in [0.3, 0.4) is 0 Å². The minimum absolute atomic E-state index is 0.175. The number of ketones is 1. The summed E-state index contributed by atoms with van der Waals surface area (Å²) in [6, 6.07) is 4.82. The van der Waals surface area contributed by atoms with Crippen LogP contribution in [0.25, 0.3) is 0 Å². The van der Waals surface area contributed by atoms with Crippen molar-refractivity contribution in [3.8, 4) is 5.75 Å². The number of carbonyl (C=O) groups is 3. The highest BCUT2D eigenvalue weighted by atomic mass is 79.9. The van der Waals surface area contributed by atoms with Crippen LogP contribution in [0.2, 0.25) is 0 Å². The van der Waals surface area contributed by atoms with Crippen LogP contribution in [0.15, 0.2) is 22.7 Å². The average molecular weight is 342 g/mol. The van der Waals surface area contributed by atoms with E-state index in [4.69, 9.17) is 9.47 Å². The van der Waals surface area contributed by atoms with Crippen LogP contribution >= 0.6 is 15.9 Å². The van der Waals surface area contributed by atoms with Crippen molar-refractivity contribution in [2.24, 2.45) is 0 Å². The molecule has 0 spiro atoms. The van der Waals surface area contributed by atoms with E-state index in [2.05, 4.69) is 15.9 Å². The summed E-state index contributed by atoms with van der Waals surface area (Å²) in [5.74, 6) is -0.721. The van der Waals surface area contributed by atoms with E-state index in [1.165, 1.54) is 7.11 Å². The lowest BCUT2D eigenvalue weighted by atomic mass is 10.1. The number of imide groups is 1. The van der Waals surface area contributed by atoms with Crippen LogP contribution in [0, 0.1) is 0 Å². The monoisotopic (exact) mass is 341 g/mol. The number of hydrogen-bond acceptors (Lipinski definition) is 5. The average Bonchev–Trinajstić information content (AvgIpc) is 2.42. The lowest BCUT2D eigenvalue weighted by Gasteiger charge is -2.24. The number of morpholine rings is 1. The van der Waals surface area contributed by atoms with E-state index in [0.29, 0.717) is 15.8 Å². The Morgan fingerprint density at radius 2 is 2.00 bits per heavy atom. The molecule has 1 aliphatic rings. The molecule has 0 radical (unpaired) electrons. The second-order valence-electron chi connectivity index (χ2n) is 4.14. The summed E-state index contributed by atoms with van der Waals surface area (Å²) >= 11 is 3.28. The molecule has 2 amide bonds. The van der Waals surface area contributed by atoms with Crippen molar-refractivity contribution in [2.75, 3.05) is 26.9 Å². The molecule has 1 saturated heterocycles. The molecule has 0 bridgehead atoms. The molecule has 0 atom stereocenters. The highest BCUT2D eigenvalue weighted by Gasteiger charge is 2.28. The van der Waals surface area contributed by atoms with Gasteiger partial charge in [0.05, 0.1) is 18.1 Å². The Morgan fingerprint density at radius 1 is 1.35 bits per heavy atom. The number of amides is 2. The normalized spacial score (nSPS) is 15.4. The van der Waals surface area contributed by atoms with Crippen molar-refractivity contribution in [3.63, 3.8) is 0 Å². The summed E-state index contributed by atoms with van der Waals surface area (Å²) in [7, 11) is 1.52. The van der Waals surface area contributed by atoms with Gasteiger partial charge in [-0.15, -0.1) is 0 Å². The molecule has 0 aliphatic carbocycles. The third-order valence-electron chi connectivity index (χ3n) is 2.83. The summed E-state index contributed by atoms with van der Waals surface area (Å²) in [6.45, 7) is -0.629. The number of Topliss-reactive ketones (excluding diaryl/α,β-unsaturated/α-hetero) is 1. The van der Waals surface area contributed by atoms with Crippen LogP contribution in [-0.2, 0) is 14.3 Å². The van der Waals surface area contributed by atoms with Gasteiger partial charge in [-0.25, -0.2) is 0 Å². The number of ether oxygens (including phenoxy) is 2. The molecule has 0 unspecified atom stereocenters. The lowest BCUT2D eigenvalue weighted by Crippen LogP contribution is -2.48. The molecule has 1 aromatic rings. The topological polar surface area (TPSA) is 72.9 Å². The number of carbonyl (C=O) groups excluding carboxylic acids is 3. The number of halogens is 1. The maximum Gasteiger partial charge on any atom is 0.255 e. The SMILES string of the molecule is COc1ccc(C(=O)CN2C(=O)COCC2=O)cc1Br. The minimum Gasteiger partial charge on any atom is -0.496 e. The van der Waals surface area contributed by atoms with Gasteiger partial charge in [0.1, 0.15) is 19.0 Å². The molecule has 106 valence electrons. The minimum atomic E-state index is -0.498. The third-order valence-corrected chi connectivity index (χ3v) is 3.45. The van der Waals surface area contributed by atoms with E-state index >= 15 is 0 Å². The maximum absolute atomic E-state index is 12.1. The van der Waals surface area contributed by atoms with Gasteiger partial charge < -0.3 is 9.47 Å². The Bertz CT molecular complexity index is 556. The second-order valence-corrected chi connectivity index (χ2v) is 4.99. The fourth-order valence-electron chi connectivity index (χ4n) is 1.77. The molecule has 1 aliphatic heterocycles. The summed E-state index contributed by atoms with van der Waals surface area (Å²) in [6.07, 6.45) is 0. The summed E-state index contributed by atoms with van der Waals surface area (Å²) in [4.78, 5) is 36.1. The molecule has 1 fully saturated rings. The Morgan fingerprint density at radius 3 is 2.55 bits per heavy atom. The zero-order chi connectivity index (χ0) is 14.7. The van der Waals surface area contributed by atoms with Crippen molar-refractivity contribution in [1.82, 2.24) is 4.90 Å². The molecule has 2 rings (SSSR count). The molecule has 1 aromatic carbocycles. The second kappa shape index (κ2) is 6.15. The van der Waals surface area contributed by atoms with Crippen molar-refractivity contribution in [3.05, 3.63) is 28.2 Å². The van der Waals surface area contributed by atoms with Crippen LogP contribution in [0.4, 0.5) is 0 Å². The molecule has 0 saturated carbocycles. The molecule has 1 heterocycles. The number of methoxy groups -OCH3 is 1. The molecular weight excluding hydrogens is 330 g/mol. The Balaban J connectivity index is 2.13. The van der Waals surface area contributed by atoms with E-state index in [0.717, 1.165) is 4.90 Å². The molecule has 6 nitrogen and oxygen atoms in total. The van der Waals surface area contributed by atoms with Gasteiger partial charge in [0.25, 0.3) is 11.8 Å². The first-order valence-electron chi connectivity index (χ1n) is 5.80. The highest BCUT2D eigenvalue weighted by Crippen LogP contribution is 2.25. The summed E-state index contributed by atoms with van der Waals surface area (Å²) < 4.78 is 10.5. The number of rotatable bonds is 4. The fraction of sp³-hybridized carbons (Fsp3) is 0.308. The van der Waals surface area contributed by atoms with Crippen LogP contribution in [0.1, 0.15) is 10.4 Å². The van der Waals surface area contributed by atoms with Gasteiger partial charge in [-0.2, -0.15) is 0 Å². The van der Waals surface area contributed by atoms with Gasteiger partial charge in [-0.05, 0) is 34.1 Å². The Hall–Kier alpha value is -1.73. The van der Waals surface area contributed by atoms with Gasteiger partial charge in [0.15, 0.2) is 5.78 Å². The van der Waals surface area contributed by atoms with Gasteiger partial charge in [0, 0.05) is 5.56 Å². The molecule has 20 heavy (non-hydrogen) atoms. The lowest BCUT2D eigenvalue weighted by molar-refractivity contribution is -0.157. The van der Waals surface area contributed by atoms with Gasteiger partial charge in [-0.3, -0.25) is 19.3 Å². The molecule has 0 aromatic heterocycles. The van der Waals surface area contributed by atoms with Gasteiger partial charge >= 0.3 is 0 Å².